The van der Waals surface area contributed by atoms with Gasteiger partial charge in [0.1, 0.15) is 6.04 Å². The van der Waals surface area contributed by atoms with E-state index in [1.165, 1.54) is 5.56 Å². The van der Waals surface area contributed by atoms with Crippen molar-refractivity contribution in [3.63, 3.8) is 0 Å². The van der Waals surface area contributed by atoms with Gasteiger partial charge in [0.25, 0.3) is 5.91 Å². The van der Waals surface area contributed by atoms with E-state index in [9.17, 15) is 19.2 Å². The Balaban J connectivity index is 1.33. The summed E-state index contributed by atoms with van der Waals surface area (Å²) in [5.74, 6) is -0.541. The minimum absolute atomic E-state index is 0.0375. The zero-order valence-electron chi connectivity index (χ0n) is 28.6. The van der Waals surface area contributed by atoms with E-state index in [4.69, 9.17) is 14.2 Å². The summed E-state index contributed by atoms with van der Waals surface area (Å²) in [6, 6.07) is 14.5. The number of likely N-dealkylation sites (N-methyl/N-ethyl adjacent to an activating group) is 1. The number of methoxy groups -OCH3 is 1. The highest BCUT2D eigenvalue weighted by atomic mass is 16.5. The summed E-state index contributed by atoms with van der Waals surface area (Å²) in [6.45, 7) is 6.48. The summed E-state index contributed by atoms with van der Waals surface area (Å²) in [5.41, 5.74) is 1.64. The van der Waals surface area contributed by atoms with Gasteiger partial charge in [0, 0.05) is 57.9 Å². The lowest BCUT2D eigenvalue weighted by atomic mass is 9.78. The molecular formula is C37H50N4O7. The molecule has 3 fully saturated rings. The van der Waals surface area contributed by atoms with Gasteiger partial charge in [-0.1, -0.05) is 30.3 Å². The van der Waals surface area contributed by atoms with E-state index in [1.807, 2.05) is 36.9 Å². The molecule has 48 heavy (non-hydrogen) atoms. The van der Waals surface area contributed by atoms with Crippen LogP contribution in [0.5, 0.6) is 11.5 Å². The van der Waals surface area contributed by atoms with Gasteiger partial charge in [0.05, 0.1) is 19.1 Å². The maximum Gasteiger partial charge on any atom is 0.254 e. The number of hydrogen-bond donors (Lipinski definition) is 2. The Hall–Kier alpha value is -4.12. The molecule has 3 saturated heterocycles. The number of carbonyl (C=O) groups is 4. The average molecular weight is 663 g/mol. The molecule has 5 rings (SSSR count). The molecule has 0 saturated carbocycles. The van der Waals surface area contributed by atoms with Gasteiger partial charge in [-0.25, -0.2) is 0 Å². The van der Waals surface area contributed by atoms with Gasteiger partial charge in [-0.05, 0) is 81.5 Å². The van der Waals surface area contributed by atoms with Gasteiger partial charge >= 0.3 is 0 Å². The molecule has 2 N–H and O–H groups in total. The zero-order chi connectivity index (χ0) is 34.2. The van der Waals surface area contributed by atoms with Crippen LogP contribution in [-0.4, -0.2) is 99.1 Å². The zero-order valence-corrected chi connectivity index (χ0v) is 28.6. The molecule has 0 bridgehead atoms. The summed E-state index contributed by atoms with van der Waals surface area (Å²) in [6.07, 6.45) is 3.25. The minimum atomic E-state index is -0.704. The number of rotatable bonds is 12. The maximum absolute atomic E-state index is 14.1. The Morgan fingerprint density at radius 1 is 0.938 bits per heavy atom. The van der Waals surface area contributed by atoms with Crippen molar-refractivity contribution in [2.75, 3.05) is 53.6 Å². The monoisotopic (exact) mass is 662 g/mol. The van der Waals surface area contributed by atoms with E-state index >= 15 is 0 Å². The van der Waals surface area contributed by atoms with Gasteiger partial charge < -0.3 is 34.6 Å². The van der Waals surface area contributed by atoms with Crippen molar-refractivity contribution in [3.05, 3.63) is 59.7 Å². The number of piperidine rings is 1. The number of fused-ring (bicyclic) bond motifs is 1. The Labute approximate surface area is 283 Å². The summed E-state index contributed by atoms with van der Waals surface area (Å²) >= 11 is 0. The van der Waals surface area contributed by atoms with Gasteiger partial charge in [-0.15, -0.1) is 0 Å². The quantitative estimate of drug-likeness (QED) is 0.357. The van der Waals surface area contributed by atoms with Crippen molar-refractivity contribution in [3.8, 4) is 11.5 Å². The highest BCUT2D eigenvalue weighted by Gasteiger charge is 2.49. The van der Waals surface area contributed by atoms with Crippen LogP contribution < -0.4 is 20.1 Å². The summed E-state index contributed by atoms with van der Waals surface area (Å²) in [5, 5.41) is 5.75. The first-order valence-corrected chi connectivity index (χ1v) is 17.2. The number of hydrogen-bond acceptors (Lipinski definition) is 7. The number of amides is 4. The Kier molecular flexibility index (Phi) is 12.0. The van der Waals surface area contributed by atoms with Crippen LogP contribution in [0.25, 0.3) is 0 Å². The van der Waals surface area contributed by atoms with Crippen LogP contribution in [0.1, 0.15) is 55.5 Å². The molecule has 0 radical (unpaired) electrons. The van der Waals surface area contributed by atoms with Gasteiger partial charge in [0.15, 0.2) is 11.5 Å². The van der Waals surface area contributed by atoms with Crippen molar-refractivity contribution in [1.29, 1.82) is 0 Å². The lowest BCUT2D eigenvalue weighted by molar-refractivity contribution is -0.145. The van der Waals surface area contributed by atoms with E-state index < -0.39 is 12.0 Å². The van der Waals surface area contributed by atoms with E-state index in [0.29, 0.717) is 69.2 Å². The topological polar surface area (TPSA) is 127 Å². The van der Waals surface area contributed by atoms with Gasteiger partial charge in [-0.3, -0.25) is 19.2 Å². The lowest BCUT2D eigenvalue weighted by Gasteiger charge is -2.41. The number of nitrogens with zero attached hydrogens (tertiary/aromatic N) is 2. The molecule has 11 heteroatoms. The van der Waals surface area contributed by atoms with Crippen LogP contribution in [-0.2, 0) is 25.5 Å². The molecule has 3 aliphatic rings. The number of ether oxygens (including phenoxy) is 3. The van der Waals surface area contributed by atoms with Gasteiger partial charge in [0.2, 0.25) is 17.7 Å². The van der Waals surface area contributed by atoms with Crippen LogP contribution >= 0.6 is 0 Å². The second kappa shape index (κ2) is 16.3. The normalized spacial score (nSPS) is 21.7. The fourth-order valence-electron chi connectivity index (χ4n) is 7.31. The van der Waals surface area contributed by atoms with Crippen LogP contribution in [0.3, 0.4) is 0 Å². The fourth-order valence-corrected chi connectivity index (χ4v) is 7.31. The Morgan fingerprint density at radius 2 is 1.67 bits per heavy atom. The molecule has 3 unspecified atom stereocenters. The number of nitrogens with one attached hydrogen (secondary N) is 2. The third-order valence-corrected chi connectivity index (χ3v) is 9.84. The second-order valence-corrected chi connectivity index (χ2v) is 13.5. The van der Waals surface area contributed by atoms with Crippen molar-refractivity contribution in [2.24, 2.45) is 23.7 Å². The van der Waals surface area contributed by atoms with Crippen LogP contribution in [0.15, 0.2) is 48.5 Å². The number of benzene rings is 2. The predicted octanol–water partition coefficient (Wildman–Crippen LogP) is 3.31. The van der Waals surface area contributed by atoms with Crippen molar-refractivity contribution in [2.45, 2.75) is 58.1 Å². The molecule has 11 nitrogen and oxygen atoms in total. The first-order valence-electron chi connectivity index (χ1n) is 17.2. The van der Waals surface area contributed by atoms with Crippen LogP contribution in [0.4, 0.5) is 0 Å². The van der Waals surface area contributed by atoms with Crippen molar-refractivity contribution >= 4 is 23.6 Å². The number of carbonyl (C=O) groups excluding carboxylic acids is 4. The summed E-state index contributed by atoms with van der Waals surface area (Å²) < 4.78 is 16.9. The summed E-state index contributed by atoms with van der Waals surface area (Å²) in [4.78, 5) is 58.3. The Morgan fingerprint density at radius 3 is 2.35 bits per heavy atom. The van der Waals surface area contributed by atoms with E-state index in [2.05, 4.69) is 22.8 Å². The van der Waals surface area contributed by atoms with Crippen LogP contribution in [0.2, 0.25) is 0 Å². The molecule has 3 aliphatic heterocycles. The van der Waals surface area contributed by atoms with Gasteiger partial charge in [-0.2, -0.15) is 0 Å². The molecule has 2 aromatic rings. The SMILES string of the molecule is CNC(=O)[C@H](CCCc1ccccc1)NC(=O)C1CN(C(=O)C2CCOCC2)CC2CN(C(=O)c3ccc(OC(C)C)c(OC)c3)CC21. The summed E-state index contributed by atoms with van der Waals surface area (Å²) in [7, 11) is 3.11. The smallest absolute Gasteiger partial charge is 0.254 e. The lowest BCUT2D eigenvalue weighted by Crippen LogP contribution is -2.56. The Bertz CT molecular complexity index is 1430. The molecular weight excluding hydrogens is 612 g/mol. The third-order valence-electron chi connectivity index (χ3n) is 9.84. The molecule has 260 valence electrons. The molecule has 0 aliphatic carbocycles. The molecule has 4 atom stereocenters. The molecule has 0 aromatic heterocycles. The van der Waals surface area contributed by atoms with Crippen molar-refractivity contribution in [1.82, 2.24) is 20.4 Å². The van der Waals surface area contributed by atoms with E-state index in [1.54, 1.807) is 37.3 Å². The standard InChI is InChI=1S/C37H50N4O7/c1-24(2)48-32-14-13-27(19-33(32)46-4)37(45)40-20-28-21-41(36(44)26-15-17-47-18-16-26)23-30(29(28)22-40)34(42)39-31(35(43)38-3)12-8-11-25-9-6-5-7-10-25/h5-7,9-10,13-14,19,24,26,28-31H,8,11-12,15-18,20-23H2,1-4H3,(H,38,43)(H,39,42)/t28?,29?,30?,31-/m0/s1. The van der Waals surface area contributed by atoms with E-state index in [-0.39, 0.29) is 54.0 Å². The maximum atomic E-state index is 14.1. The number of aryl methyl sites for hydroxylation is 1. The largest absolute Gasteiger partial charge is 0.493 e. The van der Waals surface area contributed by atoms with E-state index in [0.717, 1.165) is 12.8 Å². The molecule has 3 heterocycles. The first-order chi connectivity index (χ1) is 23.2. The highest BCUT2D eigenvalue weighted by Crippen LogP contribution is 2.38. The van der Waals surface area contributed by atoms with Crippen LogP contribution in [0, 0.1) is 23.7 Å². The van der Waals surface area contributed by atoms with Crippen molar-refractivity contribution < 1.29 is 33.4 Å². The molecule has 2 aromatic carbocycles. The second-order valence-electron chi connectivity index (χ2n) is 13.5. The number of likely N-dealkylation sites (tertiary alicyclic amines) is 2. The molecule has 0 spiro atoms. The fraction of sp³-hybridized carbons (Fsp3) is 0.568. The third kappa shape index (κ3) is 8.47. The average Bonchev–Trinajstić information content (AvgIpc) is 3.55. The predicted molar refractivity (Wildman–Crippen MR) is 181 cm³/mol. The highest BCUT2D eigenvalue weighted by molar-refractivity contribution is 5.95. The first kappa shape index (κ1) is 35.2. The molecule has 4 amide bonds. The minimum Gasteiger partial charge on any atom is -0.493 e.